The maximum Gasteiger partial charge on any atom is 0.260 e. The van der Waals surface area contributed by atoms with Crippen LogP contribution in [-0.2, 0) is 16.1 Å². The highest BCUT2D eigenvalue weighted by atomic mass is 19.1. The molecule has 2 aromatic carbocycles. The van der Waals surface area contributed by atoms with Crippen LogP contribution in [0.15, 0.2) is 54.6 Å². The molecule has 0 saturated carbocycles. The summed E-state index contributed by atoms with van der Waals surface area (Å²) in [5, 5.41) is 0. The summed E-state index contributed by atoms with van der Waals surface area (Å²) in [6.45, 7) is 2.75. The van der Waals surface area contributed by atoms with E-state index in [0.29, 0.717) is 31.5 Å². The minimum Gasteiger partial charge on any atom is -0.484 e. The van der Waals surface area contributed by atoms with Gasteiger partial charge in [-0.1, -0.05) is 30.3 Å². The van der Waals surface area contributed by atoms with Gasteiger partial charge in [-0.25, -0.2) is 4.39 Å². The van der Waals surface area contributed by atoms with Crippen molar-refractivity contribution in [3.63, 3.8) is 0 Å². The van der Waals surface area contributed by atoms with Gasteiger partial charge in [0, 0.05) is 12.6 Å². The number of hydrogen-bond donors (Lipinski definition) is 0. The van der Waals surface area contributed by atoms with Crippen molar-refractivity contribution in [1.82, 2.24) is 9.80 Å². The van der Waals surface area contributed by atoms with Crippen molar-refractivity contribution in [2.24, 2.45) is 0 Å². The minimum absolute atomic E-state index is 0.0426. The number of ether oxygens (including phenoxy) is 2. The number of carbonyl (C=O) groups excluding carboxylic acids is 1. The summed E-state index contributed by atoms with van der Waals surface area (Å²) in [7, 11) is 2.12. The monoisotopic (exact) mass is 384 g/mol. The molecule has 2 fully saturated rings. The number of likely N-dealkylation sites (N-methyl/N-ethyl adjacent to an activating group) is 1. The van der Waals surface area contributed by atoms with E-state index in [-0.39, 0.29) is 23.9 Å². The van der Waals surface area contributed by atoms with Gasteiger partial charge in [0.2, 0.25) is 0 Å². The first-order valence-corrected chi connectivity index (χ1v) is 9.57. The van der Waals surface area contributed by atoms with Crippen molar-refractivity contribution < 1.29 is 18.7 Å². The molecule has 148 valence electrons. The van der Waals surface area contributed by atoms with E-state index in [4.69, 9.17) is 9.47 Å². The lowest BCUT2D eigenvalue weighted by molar-refractivity contribution is -0.159. The van der Waals surface area contributed by atoms with Crippen molar-refractivity contribution >= 4 is 5.91 Å². The highest BCUT2D eigenvalue weighted by Gasteiger charge is 2.51. The Kier molecular flexibility index (Phi) is 5.33. The summed E-state index contributed by atoms with van der Waals surface area (Å²) in [6.07, 6.45) is 0.929. The second kappa shape index (κ2) is 7.89. The number of nitrogens with zero attached hydrogens (tertiary/aromatic N) is 2. The van der Waals surface area contributed by atoms with Gasteiger partial charge in [-0.3, -0.25) is 9.69 Å². The van der Waals surface area contributed by atoms with Crippen LogP contribution in [0.2, 0.25) is 0 Å². The molecule has 0 aliphatic carbocycles. The number of rotatable bonds is 6. The fourth-order valence-electron chi connectivity index (χ4n) is 3.92. The molecule has 2 aliphatic rings. The second-order valence-corrected chi connectivity index (χ2v) is 7.75. The maximum absolute atomic E-state index is 12.9. The first-order valence-electron chi connectivity index (χ1n) is 9.57. The van der Waals surface area contributed by atoms with E-state index in [2.05, 4.69) is 36.2 Å². The summed E-state index contributed by atoms with van der Waals surface area (Å²) in [5.74, 6) is 0.0953. The Morgan fingerprint density at radius 1 is 1.21 bits per heavy atom. The van der Waals surface area contributed by atoms with Crippen LogP contribution in [0.4, 0.5) is 4.39 Å². The van der Waals surface area contributed by atoms with Gasteiger partial charge < -0.3 is 14.4 Å². The van der Waals surface area contributed by atoms with Gasteiger partial charge in [0.1, 0.15) is 17.2 Å². The van der Waals surface area contributed by atoms with Gasteiger partial charge in [0.25, 0.3) is 5.91 Å². The molecule has 1 amide bonds. The molecule has 0 bridgehead atoms. The van der Waals surface area contributed by atoms with E-state index in [1.54, 1.807) is 4.90 Å². The Morgan fingerprint density at radius 3 is 2.64 bits per heavy atom. The molecule has 2 saturated heterocycles. The molecule has 28 heavy (non-hydrogen) atoms. The normalized spacial score (nSPS) is 20.4. The van der Waals surface area contributed by atoms with Crippen LogP contribution in [0.1, 0.15) is 12.0 Å². The molecule has 6 heteroatoms. The zero-order valence-electron chi connectivity index (χ0n) is 16.0. The van der Waals surface area contributed by atoms with Gasteiger partial charge in [-0.2, -0.15) is 0 Å². The first-order chi connectivity index (χ1) is 13.5. The van der Waals surface area contributed by atoms with Gasteiger partial charge in [-0.05, 0) is 43.3 Å². The van der Waals surface area contributed by atoms with Crippen molar-refractivity contribution in [3.05, 3.63) is 66.0 Å². The Balaban J connectivity index is 1.23. The van der Waals surface area contributed by atoms with Crippen molar-refractivity contribution in [2.45, 2.75) is 24.6 Å². The fraction of sp³-hybridized carbons (Fsp3) is 0.409. The third-order valence-electron chi connectivity index (χ3n) is 5.57. The number of hydrogen-bond acceptors (Lipinski definition) is 4. The highest BCUT2D eigenvalue weighted by Crippen LogP contribution is 2.37. The number of likely N-dealkylation sites (tertiary alicyclic amines) is 1. The van der Waals surface area contributed by atoms with E-state index in [1.807, 2.05) is 6.07 Å². The van der Waals surface area contributed by atoms with Crippen LogP contribution < -0.4 is 4.74 Å². The summed E-state index contributed by atoms with van der Waals surface area (Å²) >= 11 is 0. The van der Waals surface area contributed by atoms with E-state index < -0.39 is 0 Å². The average Bonchev–Trinajstić information content (AvgIpc) is 3.13. The highest BCUT2D eigenvalue weighted by molar-refractivity contribution is 5.79. The standard InChI is InChI=1S/C22H25FN2O3/c1-24(12-17-5-3-2-4-6-17)19-11-22(28-13-19)15-25(16-22)21(26)14-27-20-9-7-18(23)8-10-20/h2-10,19H,11-16H2,1H3. The molecule has 0 N–H and O–H groups in total. The van der Waals surface area contributed by atoms with Crippen molar-refractivity contribution in [1.29, 1.82) is 0 Å². The number of halogens is 1. The largest absolute Gasteiger partial charge is 0.484 e. The molecule has 4 rings (SSSR count). The summed E-state index contributed by atoms with van der Waals surface area (Å²) in [4.78, 5) is 16.4. The van der Waals surface area contributed by atoms with E-state index >= 15 is 0 Å². The molecular formula is C22H25FN2O3. The zero-order chi connectivity index (χ0) is 19.6. The number of carbonyl (C=O) groups is 1. The zero-order valence-corrected chi connectivity index (χ0v) is 16.0. The van der Waals surface area contributed by atoms with Crippen molar-refractivity contribution in [2.75, 3.05) is 33.4 Å². The van der Waals surface area contributed by atoms with Gasteiger partial charge >= 0.3 is 0 Å². The van der Waals surface area contributed by atoms with Crippen LogP contribution in [0.25, 0.3) is 0 Å². The SMILES string of the molecule is CN(Cc1ccccc1)C1COC2(C1)CN(C(=O)COc1ccc(F)cc1)C2. The van der Waals surface area contributed by atoms with Crippen molar-refractivity contribution in [3.8, 4) is 5.75 Å². The smallest absolute Gasteiger partial charge is 0.260 e. The Hall–Kier alpha value is -2.44. The van der Waals surface area contributed by atoms with E-state index in [1.165, 1.54) is 29.8 Å². The van der Waals surface area contributed by atoms with Crippen LogP contribution in [0.3, 0.4) is 0 Å². The number of benzene rings is 2. The minimum atomic E-state index is -0.325. The predicted octanol–water partition coefficient (Wildman–Crippen LogP) is 2.71. The molecule has 1 spiro atoms. The molecule has 1 unspecified atom stereocenters. The Bertz CT molecular complexity index is 806. The molecule has 2 aromatic rings. The molecule has 5 nitrogen and oxygen atoms in total. The van der Waals surface area contributed by atoms with Crippen LogP contribution in [-0.4, -0.2) is 60.7 Å². The summed E-state index contributed by atoms with van der Waals surface area (Å²) in [5.41, 5.74) is 1.07. The van der Waals surface area contributed by atoms with Crippen LogP contribution >= 0.6 is 0 Å². The average molecular weight is 384 g/mol. The first kappa shape index (κ1) is 18.9. The third-order valence-corrected chi connectivity index (χ3v) is 5.57. The molecule has 0 radical (unpaired) electrons. The molecule has 0 aromatic heterocycles. The molecule has 2 heterocycles. The molecule has 1 atom stereocenters. The molecule has 2 aliphatic heterocycles. The second-order valence-electron chi connectivity index (χ2n) is 7.75. The predicted molar refractivity (Wildman–Crippen MR) is 103 cm³/mol. The summed E-state index contributed by atoms with van der Waals surface area (Å²) < 4.78 is 24.4. The van der Waals surface area contributed by atoms with E-state index in [0.717, 1.165) is 13.0 Å². The maximum atomic E-state index is 12.9. The number of amides is 1. The van der Waals surface area contributed by atoms with Gasteiger partial charge in [-0.15, -0.1) is 0 Å². The third kappa shape index (κ3) is 4.18. The van der Waals surface area contributed by atoms with Crippen LogP contribution in [0.5, 0.6) is 5.75 Å². The summed E-state index contributed by atoms with van der Waals surface area (Å²) in [6, 6.07) is 16.4. The Labute approximate surface area is 164 Å². The topological polar surface area (TPSA) is 42.0 Å². The lowest BCUT2D eigenvalue weighted by atomic mass is 9.89. The molecular weight excluding hydrogens is 359 g/mol. The quantitative estimate of drug-likeness (QED) is 0.768. The van der Waals surface area contributed by atoms with Gasteiger partial charge in [0.15, 0.2) is 6.61 Å². The van der Waals surface area contributed by atoms with Gasteiger partial charge in [0.05, 0.1) is 19.7 Å². The Morgan fingerprint density at radius 2 is 1.93 bits per heavy atom. The lowest BCUT2D eigenvalue weighted by Crippen LogP contribution is -2.64. The van der Waals surface area contributed by atoms with Crippen LogP contribution in [0, 0.1) is 5.82 Å². The van der Waals surface area contributed by atoms with E-state index in [9.17, 15) is 9.18 Å². The fourth-order valence-corrected chi connectivity index (χ4v) is 3.92. The lowest BCUT2D eigenvalue weighted by Gasteiger charge is -2.47.